The normalized spacial score (nSPS) is 36.1. The van der Waals surface area contributed by atoms with Gasteiger partial charge in [-0.1, -0.05) is 5.16 Å². The smallest absolute Gasteiger partial charge is 0.234 e. The van der Waals surface area contributed by atoms with Crippen molar-refractivity contribution in [3.8, 4) is 0 Å². The van der Waals surface area contributed by atoms with E-state index in [9.17, 15) is 4.79 Å². The maximum absolute atomic E-state index is 11.1. The molecule has 2 fully saturated rings. The molecule has 1 aliphatic heterocycles. The van der Waals surface area contributed by atoms with Crippen LogP contribution in [0.25, 0.3) is 0 Å². The number of primary amides is 1. The first kappa shape index (κ1) is 9.77. The topological polar surface area (TPSA) is 94.0 Å². The van der Waals surface area contributed by atoms with Crippen molar-refractivity contribution in [2.45, 2.75) is 37.8 Å². The Hall–Kier alpha value is -1.43. The number of hydrogen-bond acceptors (Lipinski definition) is 5. The van der Waals surface area contributed by atoms with Crippen molar-refractivity contribution in [2.24, 2.45) is 11.7 Å². The van der Waals surface area contributed by atoms with Crippen LogP contribution < -0.4 is 11.1 Å². The summed E-state index contributed by atoms with van der Waals surface area (Å²) in [5.74, 6) is 1.54. The molecule has 86 valence electrons. The molecule has 2 aliphatic rings. The van der Waals surface area contributed by atoms with E-state index < -0.39 is 0 Å². The SMILES string of the molecule is Cc1noc(CC23CC2CC(C(N)=O)N3)n1. The maximum Gasteiger partial charge on any atom is 0.234 e. The zero-order valence-electron chi connectivity index (χ0n) is 9.06. The number of nitrogens with one attached hydrogen (secondary N) is 1. The molecule has 0 radical (unpaired) electrons. The fourth-order valence-electron chi connectivity index (χ4n) is 2.69. The Morgan fingerprint density at radius 1 is 1.75 bits per heavy atom. The summed E-state index contributed by atoms with van der Waals surface area (Å²) in [6, 6.07) is -0.192. The third kappa shape index (κ3) is 1.41. The van der Waals surface area contributed by atoms with Gasteiger partial charge < -0.3 is 10.3 Å². The fourth-order valence-corrected chi connectivity index (χ4v) is 2.69. The van der Waals surface area contributed by atoms with Crippen LogP contribution in [0.2, 0.25) is 0 Å². The van der Waals surface area contributed by atoms with Crippen molar-refractivity contribution in [2.75, 3.05) is 0 Å². The molecule has 3 rings (SSSR count). The van der Waals surface area contributed by atoms with Crippen molar-refractivity contribution < 1.29 is 9.32 Å². The van der Waals surface area contributed by atoms with Crippen LogP contribution in [0.4, 0.5) is 0 Å². The molecular formula is C10H14N4O2. The molecule has 0 bridgehead atoms. The summed E-state index contributed by atoms with van der Waals surface area (Å²) in [5.41, 5.74) is 5.27. The van der Waals surface area contributed by atoms with Crippen molar-refractivity contribution >= 4 is 5.91 Å². The highest BCUT2D eigenvalue weighted by atomic mass is 16.5. The van der Waals surface area contributed by atoms with Gasteiger partial charge in [0, 0.05) is 12.0 Å². The number of amides is 1. The van der Waals surface area contributed by atoms with Crippen LogP contribution >= 0.6 is 0 Å². The third-order valence-corrected chi connectivity index (χ3v) is 3.59. The second-order valence-corrected chi connectivity index (χ2v) is 4.80. The van der Waals surface area contributed by atoms with Gasteiger partial charge in [0.1, 0.15) is 0 Å². The Balaban J connectivity index is 1.71. The number of nitrogens with two attached hydrogens (primary N) is 1. The highest BCUT2D eigenvalue weighted by molar-refractivity contribution is 5.80. The molecule has 1 saturated carbocycles. The minimum Gasteiger partial charge on any atom is -0.368 e. The average molecular weight is 222 g/mol. The van der Waals surface area contributed by atoms with Crippen LogP contribution in [-0.2, 0) is 11.2 Å². The molecular weight excluding hydrogens is 208 g/mol. The molecule has 3 atom stereocenters. The standard InChI is InChI=1S/C10H14N4O2/c1-5-12-8(16-14-5)4-10-3-6(10)2-7(13-10)9(11)15/h6-7,13H,2-4H2,1H3,(H2,11,15). The lowest BCUT2D eigenvalue weighted by atomic mass is 10.1. The van der Waals surface area contributed by atoms with Crippen molar-refractivity contribution in [3.63, 3.8) is 0 Å². The molecule has 6 heteroatoms. The van der Waals surface area contributed by atoms with E-state index in [-0.39, 0.29) is 17.5 Å². The third-order valence-electron chi connectivity index (χ3n) is 3.59. The zero-order chi connectivity index (χ0) is 11.3. The van der Waals surface area contributed by atoms with Crippen LogP contribution in [0, 0.1) is 12.8 Å². The van der Waals surface area contributed by atoms with Crippen molar-refractivity contribution in [1.29, 1.82) is 0 Å². The monoisotopic (exact) mass is 222 g/mol. The van der Waals surface area contributed by atoms with Gasteiger partial charge in [-0.15, -0.1) is 0 Å². The van der Waals surface area contributed by atoms with E-state index in [0.29, 0.717) is 24.1 Å². The lowest BCUT2D eigenvalue weighted by molar-refractivity contribution is -0.120. The molecule has 3 N–H and O–H groups in total. The van der Waals surface area contributed by atoms with Gasteiger partial charge >= 0.3 is 0 Å². The Bertz CT molecular complexity index is 444. The molecule has 1 aromatic heterocycles. The van der Waals surface area contributed by atoms with Crippen LogP contribution in [0.1, 0.15) is 24.6 Å². The number of aromatic nitrogens is 2. The Morgan fingerprint density at radius 3 is 3.12 bits per heavy atom. The van der Waals surface area contributed by atoms with Gasteiger partial charge in [0.2, 0.25) is 11.8 Å². The fraction of sp³-hybridized carbons (Fsp3) is 0.700. The summed E-state index contributed by atoms with van der Waals surface area (Å²) < 4.78 is 5.10. The summed E-state index contributed by atoms with van der Waals surface area (Å²) in [6.07, 6.45) is 2.60. The van der Waals surface area contributed by atoms with Gasteiger partial charge in [0.25, 0.3) is 0 Å². The number of aryl methyl sites for hydroxylation is 1. The molecule has 0 spiro atoms. The van der Waals surface area contributed by atoms with Gasteiger partial charge in [-0.2, -0.15) is 4.98 Å². The summed E-state index contributed by atoms with van der Waals surface area (Å²) in [6.45, 7) is 1.79. The highest BCUT2D eigenvalue weighted by Gasteiger charge is 2.61. The molecule has 1 amide bonds. The Labute approximate surface area is 92.6 Å². The molecule has 2 heterocycles. The largest absolute Gasteiger partial charge is 0.368 e. The molecule has 1 aliphatic carbocycles. The number of carbonyl (C=O) groups excluding carboxylic acids is 1. The Kier molecular flexibility index (Phi) is 1.85. The van der Waals surface area contributed by atoms with E-state index in [1.54, 1.807) is 6.92 Å². The lowest BCUT2D eigenvalue weighted by Crippen LogP contribution is -2.44. The van der Waals surface area contributed by atoms with Gasteiger partial charge in [-0.25, -0.2) is 0 Å². The van der Waals surface area contributed by atoms with Gasteiger partial charge in [0.15, 0.2) is 5.82 Å². The number of piperidine rings is 1. The minimum atomic E-state index is -0.270. The molecule has 0 aromatic carbocycles. The second-order valence-electron chi connectivity index (χ2n) is 4.80. The molecule has 1 aromatic rings. The van der Waals surface area contributed by atoms with E-state index in [4.69, 9.17) is 10.3 Å². The zero-order valence-corrected chi connectivity index (χ0v) is 9.06. The van der Waals surface area contributed by atoms with Crippen molar-refractivity contribution in [1.82, 2.24) is 15.5 Å². The molecule has 6 nitrogen and oxygen atoms in total. The number of nitrogens with zero attached hydrogens (tertiary/aromatic N) is 2. The van der Waals surface area contributed by atoms with Gasteiger partial charge in [-0.3, -0.25) is 10.1 Å². The number of rotatable bonds is 3. The molecule has 1 saturated heterocycles. The van der Waals surface area contributed by atoms with Crippen LogP contribution in [0.5, 0.6) is 0 Å². The maximum atomic E-state index is 11.1. The lowest BCUT2D eigenvalue weighted by Gasteiger charge is -2.14. The number of hydrogen-bond donors (Lipinski definition) is 2. The predicted molar refractivity (Wildman–Crippen MR) is 54.3 cm³/mol. The van der Waals surface area contributed by atoms with Crippen LogP contribution in [-0.4, -0.2) is 27.6 Å². The molecule has 16 heavy (non-hydrogen) atoms. The van der Waals surface area contributed by atoms with Crippen LogP contribution in [0.3, 0.4) is 0 Å². The average Bonchev–Trinajstić information content (AvgIpc) is 2.58. The van der Waals surface area contributed by atoms with E-state index in [1.807, 2.05) is 0 Å². The van der Waals surface area contributed by atoms with E-state index >= 15 is 0 Å². The van der Waals surface area contributed by atoms with Crippen LogP contribution in [0.15, 0.2) is 4.52 Å². The Morgan fingerprint density at radius 2 is 2.56 bits per heavy atom. The van der Waals surface area contributed by atoms with Gasteiger partial charge in [-0.05, 0) is 25.7 Å². The minimum absolute atomic E-state index is 0.0152. The summed E-state index contributed by atoms with van der Waals surface area (Å²) in [5, 5.41) is 7.05. The summed E-state index contributed by atoms with van der Waals surface area (Å²) in [7, 11) is 0. The summed E-state index contributed by atoms with van der Waals surface area (Å²) in [4.78, 5) is 15.3. The van der Waals surface area contributed by atoms with E-state index in [2.05, 4.69) is 15.5 Å². The molecule has 3 unspecified atom stereocenters. The number of carbonyl (C=O) groups is 1. The highest BCUT2D eigenvalue weighted by Crippen LogP contribution is 2.53. The first-order chi connectivity index (χ1) is 7.59. The van der Waals surface area contributed by atoms with Crippen molar-refractivity contribution in [3.05, 3.63) is 11.7 Å². The summed E-state index contributed by atoms with van der Waals surface area (Å²) >= 11 is 0. The quantitative estimate of drug-likeness (QED) is 0.720. The first-order valence-electron chi connectivity index (χ1n) is 5.45. The first-order valence-corrected chi connectivity index (χ1v) is 5.45. The van der Waals surface area contributed by atoms with Gasteiger partial charge in [0.05, 0.1) is 6.04 Å². The van der Waals surface area contributed by atoms with E-state index in [0.717, 1.165) is 12.8 Å². The number of fused-ring (bicyclic) bond motifs is 1. The predicted octanol–water partition coefficient (Wildman–Crippen LogP) is -0.474. The van der Waals surface area contributed by atoms with E-state index in [1.165, 1.54) is 0 Å². The second kappa shape index (κ2) is 3.04.